The van der Waals surface area contributed by atoms with E-state index in [1.54, 1.807) is 6.07 Å². The number of hydrogen-bond acceptors (Lipinski definition) is 6. The Labute approximate surface area is 169 Å². The zero-order valence-corrected chi connectivity index (χ0v) is 16.4. The quantitative estimate of drug-likeness (QED) is 0.460. The summed E-state index contributed by atoms with van der Waals surface area (Å²) < 4.78 is 60.0. The van der Waals surface area contributed by atoms with Crippen LogP contribution in [0.5, 0.6) is 0 Å². The zero-order valence-electron chi connectivity index (χ0n) is 15.6. The van der Waals surface area contributed by atoms with E-state index in [2.05, 4.69) is 24.7 Å². The average molecular weight is 442 g/mol. The van der Waals surface area contributed by atoms with Gasteiger partial charge in [-0.25, -0.2) is 38.6 Å². The number of alkyl halides is 2. The highest BCUT2D eigenvalue weighted by Gasteiger charge is 2.30. The molecule has 0 radical (unpaired) electrons. The van der Waals surface area contributed by atoms with Crippen LogP contribution in [0.2, 0.25) is 0 Å². The molecular weight excluding hydrogens is 422 g/mol. The first-order valence-corrected chi connectivity index (χ1v) is 10.9. The maximum atomic E-state index is 13.0. The Balaban J connectivity index is 1.63. The second-order valence-electron chi connectivity index (χ2n) is 7.05. The minimum atomic E-state index is -5.33. The van der Waals surface area contributed by atoms with Crippen molar-refractivity contribution in [3.8, 4) is 11.5 Å². The first-order chi connectivity index (χ1) is 14.1. The first-order valence-electron chi connectivity index (χ1n) is 8.99. The second-order valence-corrected chi connectivity index (χ2v) is 9.13. The number of nitrogens with zero attached hydrogens (tertiary/aromatic N) is 6. The topological polar surface area (TPSA) is 155 Å². The number of nitrogens with one attached hydrogen (secondary N) is 1. The molecule has 0 saturated carbocycles. The number of fused-ring (bicyclic) bond motifs is 1. The van der Waals surface area contributed by atoms with E-state index >= 15 is 0 Å². The molecule has 3 aromatic heterocycles. The molecule has 1 saturated heterocycles. The van der Waals surface area contributed by atoms with Crippen molar-refractivity contribution in [2.24, 2.45) is 5.14 Å². The molecule has 1 fully saturated rings. The third kappa shape index (κ3) is 4.57. The van der Waals surface area contributed by atoms with Crippen molar-refractivity contribution < 1.29 is 22.1 Å². The van der Waals surface area contributed by atoms with Gasteiger partial charge in [0, 0.05) is 31.5 Å². The van der Waals surface area contributed by atoms with Gasteiger partial charge in [-0.2, -0.15) is 4.21 Å². The van der Waals surface area contributed by atoms with Crippen LogP contribution in [-0.4, -0.2) is 56.8 Å². The van der Waals surface area contributed by atoms with Crippen molar-refractivity contribution in [2.45, 2.75) is 25.3 Å². The van der Waals surface area contributed by atoms with Gasteiger partial charge in [-0.1, -0.05) is 0 Å². The molecule has 0 bridgehead atoms. The lowest BCUT2D eigenvalue weighted by molar-refractivity contribution is 0.145. The number of anilines is 1. The summed E-state index contributed by atoms with van der Waals surface area (Å²) in [5.41, 5.74) is 0.398. The van der Waals surface area contributed by atoms with Crippen LogP contribution in [0.15, 0.2) is 30.9 Å². The van der Waals surface area contributed by atoms with Gasteiger partial charge >= 0.3 is 0 Å². The summed E-state index contributed by atoms with van der Waals surface area (Å²) in [6.07, 6.45) is 3.92. The molecule has 0 amide bonds. The summed E-state index contributed by atoms with van der Waals surface area (Å²) >= 11 is 0. The summed E-state index contributed by atoms with van der Waals surface area (Å²) in [7, 11) is -5.33. The molecule has 30 heavy (non-hydrogen) atoms. The maximum absolute atomic E-state index is 13.0. The fourth-order valence-corrected chi connectivity index (χ4v) is 4.24. The summed E-state index contributed by atoms with van der Waals surface area (Å²) in [5.74, 6) is 0.799. The molecule has 0 unspecified atom stereocenters. The van der Waals surface area contributed by atoms with Gasteiger partial charge in [0.2, 0.25) is 0 Å². The Morgan fingerprint density at radius 1 is 1.27 bits per heavy atom. The van der Waals surface area contributed by atoms with E-state index in [0.717, 1.165) is 0 Å². The number of imidazole rings is 1. The lowest BCUT2D eigenvalue weighted by Crippen LogP contribution is -2.61. The molecule has 1 atom stereocenters. The molecule has 3 aromatic rings. The Morgan fingerprint density at radius 2 is 2.07 bits per heavy atom. The smallest absolute Gasteiger partial charge is 0.281 e. The van der Waals surface area contributed by atoms with Gasteiger partial charge in [-0.05, 0) is 18.9 Å². The summed E-state index contributed by atoms with van der Waals surface area (Å²) in [4.78, 5) is 18.4. The third-order valence-corrected chi connectivity index (χ3v) is 5.42. The molecule has 11 nitrogen and oxygen atoms in total. The van der Waals surface area contributed by atoms with E-state index < -0.39 is 28.2 Å². The molecule has 5 N–H and O–H groups in total. The highest BCUT2D eigenvalue weighted by Crippen LogP contribution is 2.24. The monoisotopic (exact) mass is 442 g/mol. The fourth-order valence-electron chi connectivity index (χ4n) is 3.43. The second kappa shape index (κ2) is 7.24. The standard InChI is InChI=1S/C16H20F2N8O3S/c17-15(18)11-9-26-12(6-22-14(26)7-21-11)16-20-4-3-13(23-16)25-5-1-2-10(8-25)24-30(19,27,28)29/h3-4,6-7,9-10,15H,1-2,5,8H2,(H5,19,24,27,28,29)/t10-/m0/s1. The number of piperidine rings is 1. The molecule has 4 rings (SSSR count). The van der Waals surface area contributed by atoms with Gasteiger partial charge in [0.05, 0.1) is 12.4 Å². The summed E-state index contributed by atoms with van der Waals surface area (Å²) in [6.45, 7) is 0.894. The zero-order chi connectivity index (χ0) is 21.5. The lowest BCUT2D eigenvalue weighted by Gasteiger charge is -2.38. The normalized spacial score (nSPS) is 19.2. The molecule has 14 heteroatoms. The fraction of sp³-hybridized carbons (Fsp3) is 0.375. The van der Waals surface area contributed by atoms with Crippen LogP contribution in [0.1, 0.15) is 25.0 Å². The molecule has 162 valence electrons. The van der Waals surface area contributed by atoms with Crippen molar-refractivity contribution in [2.75, 3.05) is 18.0 Å². The summed E-state index contributed by atoms with van der Waals surface area (Å²) in [6, 6.07) is 1.13. The van der Waals surface area contributed by atoms with Crippen molar-refractivity contribution in [3.05, 3.63) is 36.5 Å². The van der Waals surface area contributed by atoms with Crippen LogP contribution in [0.25, 0.3) is 17.2 Å². The van der Waals surface area contributed by atoms with Crippen LogP contribution in [0.3, 0.4) is 0 Å². The van der Waals surface area contributed by atoms with Gasteiger partial charge in [0.1, 0.15) is 17.2 Å². The first kappa shape index (κ1) is 20.6. The van der Waals surface area contributed by atoms with Crippen molar-refractivity contribution >= 4 is 21.5 Å². The molecular formula is C16H20F2N8O3S. The van der Waals surface area contributed by atoms with Crippen LogP contribution >= 0.6 is 0 Å². The number of halogens is 2. The summed E-state index contributed by atoms with van der Waals surface area (Å²) in [5, 5.41) is 5.01. The van der Waals surface area contributed by atoms with E-state index in [4.69, 9.17) is 5.14 Å². The van der Waals surface area contributed by atoms with Crippen LogP contribution in [0.4, 0.5) is 14.6 Å². The Bertz CT molecular complexity index is 1140. The van der Waals surface area contributed by atoms with Gasteiger partial charge in [-0.3, -0.25) is 13.5 Å². The number of aromatic nitrogens is 5. The largest absolute Gasteiger partial charge is 0.355 e. The Morgan fingerprint density at radius 3 is 2.80 bits per heavy atom. The van der Waals surface area contributed by atoms with Crippen LogP contribution in [0, 0.1) is 0 Å². The van der Waals surface area contributed by atoms with E-state index in [9.17, 15) is 22.1 Å². The SMILES string of the molecule is NS(=O)(O)(O)N[C@H]1CCCN(c2ccnc(-c3cnc4cnc(C(F)F)cn34)n2)C1. The molecule has 0 aromatic carbocycles. The van der Waals surface area contributed by atoms with Crippen LogP contribution < -0.4 is 14.8 Å². The third-order valence-electron chi connectivity index (χ3n) is 4.64. The van der Waals surface area contributed by atoms with Crippen LogP contribution in [-0.2, 0) is 10.00 Å². The maximum Gasteiger partial charge on any atom is 0.281 e. The Kier molecular flexibility index (Phi) is 4.98. The molecule has 1 aliphatic heterocycles. The van der Waals surface area contributed by atoms with Gasteiger partial charge in [0.25, 0.3) is 6.43 Å². The predicted molar refractivity (Wildman–Crippen MR) is 105 cm³/mol. The van der Waals surface area contributed by atoms with Crippen molar-refractivity contribution in [3.63, 3.8) is 0 Å². The van der Waals surface area contributed by atoms with E-state index in [1.165, 1.54) is 29.2 Å². The molecule has 4 heterocycles. The minimum absolute atomic E-state index is 0.270. The van der Waals surface area contributed by atoms with E-state index in [0.29, 0.717) is 36.5 Å². The van der Waals surface area contributed by atoms with Gasteiger partial charge < -0.3 is 4.90 Å². The van der Waals surface area contributed by atoms with E-state index in [-0.39, 0.29) is 12.4 Å². The number of rotatable bonds is 5. The van der Waals surface area contributed by atoms with Crippen molar-refractivity contribution in [1.29, 1.82) is 0 Å². The average Bonchev–Trinajstić information content (AvgIpc) is 3.09. The Hall–Kier alpha value is -2.65. The van der Waals surface area contributed by atoms with Gasteiger partial charge in [0.15, 0.2) is 21.5 Å². The molecule has 1 aliphatic rings. The highest BCUT2D eigenvalue weighted by atomic mass is 32.3. The van der Waals surface area contributed by atoms with Crippen molar-refractivity contribution in [1.82, 2.24) is 29.1 Å². The minimum Gasteiger partial charge on any atom is -0.355 e. The lowest BCUT2D eigenvalue weighted by atomic mass is 10.1. The molecule has 0 aliphatic carbocycles. The predicted octanol–water partition coefficient (Wildman–Crippen LogP) is 1.24. The highest BCUT2D eigenvalue weighted by molar-refractivity contribution is 8.06. The number of hydrogen-bond donors (Lipinski definition) is 4. The number of nitrogens with two attached hydrogens (primary N) is 1. The van der Waals surface area contributed by atoms with E-state index in [1.807, 2.05) is 4.90 Å². The molecule has 0 spiro atoms. The van der Waals surface area contributed by atoms with Gasteiger partial charge in [-0.15, -0.1) is 0 Å².